The fourth-order valence-electron chi connectivity index (χ4n) is 1.68. The van der Waals surface area contributed by atoms with Gasteiger partial charge in [0.15, 0.2) is 0 Å². The fraction of sp³-hybridized carbons (Fsp3) is 0. The summed E-state index contributed by atoms with van der Waals surface area (Å²) in [5.41, 5.74) is 0.179. The van der Waals surface area contributed by atoms with Gasteiger partial charge in [-0.05, 0) is 42.0 Å². The van der Waals surface area contributed by atoms with Gasteiger partial charge in [0.2, 0.25) is 10.0 Å². The van der Waals surface area contributed by atoms with Gasteiger partial charge >= 0.3 is 0 Å². The maximum Gasteiger partial charge on any atom is 0.255 e. The highest BCUT2D eigenvalue weighted by Gasteiger charge is 2.14. The Kier molecular flexibility index (Phi) is 5.29. The number of halogens is 2. The largest absolute Gasteiger partial charge is 0.277 e. The van der Waals surface area contributed by atoms with E-state index in [2.05, 4.69) is 0 Å². The lowest BCUT2D eigenvalue weighted by Gasteiger charge is -2.07. The number of hydrogen-bond donors (Lipinski definition) is 2. The van der Waals surface area contributed by atoms with E-state index in [-0.39, 0.29) is 0 Å². The fourth-order valence-corrected chi connectivity index (χ4v) is 3.21. The zero-order valence-corrected chi connectivity index (χ0v) is 14.4. The average molecular weight is 391 g/mol. The third kappa shape index (κ3) is 5.03. The molecule has 0 aliphatic heterocycles. The first-order valence-corrected chi connectivity index (χ1v) is 9.83. The van der Waals surface area contributed by atoms with Crippen LogP contribution in [0.5, 0.6) is 0 Å². The molecule has 0 amide bonds. The second-order valence-electron chi connectivity index (χ2n) is 4.69. The molecular weight excluding hydrogens is 379 g/mol. The summed E-state index contributed by atoms with van der Waals surface area (Å²) in [5.74, 6) is -1.06. The molecule has 0 aliphatic rings. The van der Waals surface area contributed by atoms with Crippen LogP contribution in [0.25, 0.3) is 6.08 Å². The Labute approximate surface area is 143 Å². The molecule has 3 N–H and O–H groups in total. The predicted octanol–water partition coefficient (Wildman–Crippen LogP) is 2.54. The first-order valence-electron chi connectivity index (χ1n) is 6.36. The van der Waals surface area contributed by atoms with Gasteiger partial charge < -0.3 is 0 Å². The van der Waals surface area contributed by atoms with E-state index >= 15 is 0 Å². The minimum atomic E-state index is -4.08. The first-order chi connectivity index (χ1) is 11.1. The quantitative estimate of drug-likeness (QED) is 0.818. The van der Waals surface area contributed by atoms with E-state index in [0.717, 1.165) is 17.5 Å². The molecule has 0 heterocycles. The zero-order chi connectivity index (χ0) is 18.0. The van der Waals surface area contributed by atoms with Crippen molar-refractivity contribution in [3.63, 3.8) is 0 Å². The van der Waals surface area contributed by atoms with E-state index in [4.69, 9.17) is 16.7 Å². The highest BCUT2D eigenvalue weighted by atomic mass is 35.5. The number of anilines is 1. The van der Waals surface area contributed by atoms with Crippen LogP contribution in [-0.2, 0) is 20.0 Å². The van der Waals surface area contributed by atoms with E-state index in [0.29, 0.717) is 16.7 Å². The van der Waals surface area contributed by atoms with Gasteiger partial charge in [-0.15, -0.1) is 0 Å². The molecule has 0 unspecified atom stereocenters. The molecule has 128 valence electrons. The smallest absolute Gasteiger partial charge is 0.255 e. The minimum Gasteiger partial charge on any atom is -0.277 e. The van der Waals surface area contributed by atoms with E-state index in [1.807, 2.05) is 4.72 Å². The molecule has 6 nitrogen and oxygen atoms in total. The summed E-state index contributed by atoms with van der Waals surface area (Å²) in [6.45, 7) is 0. The van der Waals surface area contributed by atoms with Crippen LogP contribution in [0.4, 0.5) is 10.1 Å². The summed E-state index contributed by atoms with van der Waals surface area (Å²) in [4.78, 5) is -0.459. The Balaban J connectivity index is 2.21. The van der Waals surface area contributed by atoms with Crippen molar-refractivity contribution in [3.05, 3.63) is 64.3 Å². The Morgan fingerprint density at radius 2 is 1.67 bits per heavy atom. The number of nitrogens with one attached hydrogen (secondary N) is 1. The number of sulfonamides is 2. The van der Waals surface area contributed by atoms with Crippen molar-refractivity contribution >= 4 is 43.4 Å². The van der Waals surface area contributed by atoms with Crippen molar-refractivity contribution < 1.29 is 21.2 Å². The summed E-state index contributed by atoms with van der Waals surface area (Å²) < 4.78 is 61.9. The second kappa shape index (κ2) is 6.89. The number of primary sulfonamides is 1. The highest BCUT2D eigenvalue weighted by Crippen LogP contribution is 2.20. The number of benzene rings is 2. The third-order valence-electron chi connectivity index (χ3n) is 2.83. The molecule has 2 rings (SSSR count). The van der Waals surface area contributed by atoms with Crippen LogP contribution in [0, 0.1) is 5.82 Å². The average Bonchev–Trinajstić information content (AvgIpc) is 2.47. The van der Waals surface area contributed by atoms with Gasteiger partial charge in [0.05, 0.1) is 16.0 Å². The number of hydrogen-bond acceptors (Lipinski definition) is 4. The lowest BCUT2D eigenvalue weighted by atomic mass is 10.2. The summed E-state index contributed by atoms with van der Waals surface area (Å²) in [7, 11) is -8.08. The SMILES string of the molecule is NS(=O)(=O)c1ccc(NS(=O)(=O)/C=C/c2ccc(Cl)cc2)c(F)c1. The lowest BCUT2D eigenvalue weighted by molar-refractivity contribution is 0.593. The topological polar surface area (TPSA) is 106 Å². The van der Waals surface area contributed by atoms with Gasteiger partial charge in [0.1, 0.15) is 5.82 Å². The van der Waals surface area contributed by atoms with Crippen LogP contribution < -0.4 is 9.86 Å². The van der Waals surface area contributed by atoms with Crippen molar-refractivity contribution in [2.24, 2.45) is 5.14 Å². The standard InChI is InChI=1S/C14H12ClFN2O4S2/c15-11-3-1-10(2-4-11)7-8-23(19,20)18-14-6-5-12(9-13(14)16)24(17,21)22/h1-9,18H,(H2,17,21,22)/b8-7+. The molecule has 0 saturated heterocycles. The van der Waals surface area contributed by atoms with Crippen LogP contribution >= 0.6 is 11.6 Å². The Morgan fingerprint density at radius 3 is 2.21 bits per heavy atom. The summed E-state index contributed by atoms with van der Waals surface area (Å²) in [5, 5.41) is 6.23. The first kappa shape index (κ1) is 18.4. The van der Waals surface area contributed by atoms with Gasteiger partial charge in [-0.25, -0.2) is 26.4 Å². The van der Waals surface area contributed by atoms with E-state index in [9.17, 15) is 21.2 Å². The Hall–Kier alpha value is -1.94. The van der Waals surface area contributed by atoms with Gasteiger partial charge in [-0.3, -0.25) is 4.72 Å². The van der Waals surface area contributed by atoms with Gasteiger partial charge in [-0.2, -0.15) is 0 Å². The Morgan fingerprint density at radius 1 is 1.04 bits per heavy atom. The van der Waals surface area contributed by atoms with Gasteiger partial charge in [-0.1, -0.05) is 23.7 Å². The van der Waals surface area contributed by atoms with E-state index in [1.165, 1.54) is 6.08 Å². The van der Waals surface area contributed by atoms with Gasteiger partial charge in [0.25, 0.3) is 10.0 Å². The normalized spacial score (nSPS) is 12.5. The predicted molar refractivity (Wildman–Crippen MR) is 90.8 cm³/mol. The molecule has 0 spiro atoms. The third-order valence-corrected chi connectivity index (χ3v) is 4.99. The van der Waals surface area contributed by atoms with Crippen LogP contribution in [0.1, 0.15) is 5.56 Å². The minimum absolute atomic E-state index is 0.400. The second-order valence-corrected chi connectivity index (χ2v) is 8.25. The van der Waals surface area contributed by atoms with Crippen molar-refractivity contribution in [1.82, 2.24) is 0 Å². The molecule has 2 aromatic rings. The molecule has 0 fully saturated rings. The monoisotopic (exact) mass is 390 g/mol. The molecule has 10 heteroatoms. The zero-order valence-electron chi connectivity index (χ0n) is 12.0. The van der Waals surface area contributed by atoms with Crippen LogP contribution in [0.15, 0.2) is 52.8 Å². The number of nitrogens with two attached hydrogens (primary N) is 1. The summed E-state index contributed by atoms with van der Waals surface area (Å²) in [6, 6.07) is 9.00. The Bertz CT molecular complexity index is 988. The van der Waals surface area contributed by atoms with Crippen molar-refractivity contribution in [3.8, 4) is 0 Å². The molecule has 0 bridgehead atoms. The van der Waals surface area contributed by atoms with Crippen molar-refractivity contribution in [2.75, 3.05) is 4.72 Å². The summed E-state index contributed by atoms with van der Waals surface area (Å²) in [6.07, 6.45) is 1.30. The van der Waals surface area contributed by atoms with Crippen molar-refractivity contribution in [2.45, 2.75) is 4.90 Å². The highest BCUT2D eigenvalue weighted by molar-refractivity contribution is 7.95. The molecular formula is C14H12ClFN2O4S2. The maximum absolute atomic E-state index is 13.8. The van der Waals surface area contributed by atoms with Gasteiger partial charge in [0, 0.05) is 5.02 Å². The molecule has 0 aromatic heterocycles. The van der Waals surface area contributed by atoms with E-state index in [1.54, 1.807) is 24.3 Å². The van der Waals surface area contributed by atoms with E-state index < -0.39 is 36.4 Å². The number of rotatable bonds is 5. The van der Waals surface area contributed by atoms with Crippen LogP contribution in [0.3, 0.4) is 0 Å². The maximum atomic E-state index is 13.8. The molecule has 0 aliphatic carbocycles. The molecule has 24 heavy (non-hydrogen) atoms. The lowest BCUT2D eigenvalue weighted by Crippen LogP contribution is -2.14. The molecule has 2 aromatic carbocycles. The van der Waals surface area contributed by atoms with Crippen LogP contribution in [-0.4, -0.2) is 16.8 Å². The van der Waals surface area contributed by atoms with Crippen LogP contribution in [0.2, 0.25) is 5.02 Å². The molecule has 0 radical (unpaired) electrons. The molecule has 0 saturated carbocycles. The molecule has 0 atom stereocenters. The summed E-state index contributed by atoms with van der Waals surface area (Å²) >= 11 is 5.72. The van der Waals surface area contributed by atoms with Crippen molar-refractivity contribution in [1.29, 1.82) is 0 Å².